The number of rotatable bonds is 3. The summed E-state index contributed by atoms with van der Waals surface area (Å²) in [7, 11) is 0. The lowest BCUT2D eigenvalue weighted by molar-refractivity contribution is -0.149. The molecule has 1 unspecified atom stereocenters. The van der Waals surface area contributed by atoms with Crippen molar-refractivity contribution in [2.24, 2.45) is 5.41 Å². The van der Waals surface area contributed by atoms with Gasteiger partial charge in [0.2, 0.25) is 0 Å². The number of nitrogens with zero attached hydrogens (tertiary/aromatic N) is 2. The van der Waals surface area contributed by atoms with Crippen LogP contribution in [0.4, 0.5) is 0 Å². The fourth-order valence-electron chi connectivity index (χ4n) is 2.93. The lowest BCUT2D eigenvalue weighted by atomic mass is 9.69. The Hall–Kier alpha value is -2.23. The van der Waals surface area contributed by atoms with Gasteiger partial charge in [-0.1, -0.05) is 24.3 Å². The van der Waals surface area contributed by atoms with Crippen molar-refractivity contribution < 1.29 is 9.90 Å². The van der Waals surface area contributed by atoms with E-state index < -0.39 is 11.4 Å². The summed E-state index contributed by atoms with van der Waals surface area (Å²) in [5.41, 5.74) is 1.62. The quantitative estimate of drug-likeness (QED) is 0.927. The number of benzene rings is 1. The van der Waals surface area contributed by atoms with Gasteiger partial charge in [0, 0.05) is 18.8 Å². The van der Waals surface area contributed by atoms with Gasteiger partial charge in [-0.05, 0) is 36.5 Å². The molecule has 1 N–H and O–H groups in total. The number of aliphatic carboxylic acids is 1. The molecule has 1 aromatic heterocycles. The number of hydrogen-bond donors (Lipinski definition) is 1. The van der Waals surface area contributed by atoms with Gasteiger partial charge in [-0.15, -0.1) is 0 Å². The predicted molar refractivity (Wildman–Crippen MR) is 74.3 cm³/mol. The number of carboxylic acid groups (broad SMARTS) is 1. The Morgan fingerprint density at radius 1 is 1.15 bits per heavy atom. The predicted octanol–water partition coefficient (Wildman–Crippen LogP) is 2.28. The molecule has 0 radical (unpaired) electrons. The van der Waals surface area contributed by atoms with Crippen LogP contribution in [-0.4, -0.2) is 21.0 Å². The Labute approximate surface area is 117 Å². The van der Waals surface area contributed by atoms with Crippen LogP contribution in [0, 0.1) is 5.41 Å². The highest BCUT2D eigenvalue weighted by Gasteiger charge is 2.42. The fourth-order valence-corrected chi connectivity index (χ4v) is 2.93. The van der Waals surface area contributed by atoms with Crippen LogP contribution in [0.5, 0.6) is 0 Å². The third kappa shape index (κ3) is 2.29. The summed E-state index contributed by atoms with van der Waals surface area (Å²) in [6.07, 6.45) is 5.70. The smallest absolute Gasteiger partial charge is 0.310 e. The number of hydrogen-bond acceptors (Lipinski definition) is 3. The Kier molecular flexibility index (Phi) is 3.22. The summed E-state index contributed by atoms with van der Waals surface area (Å²) in [4.78, 5) is 20.2. The minimum atomic E-state index is -0.782. The molecule has 1 aliphatic carbocycles. The number of carbonyl (C=O) groups is 1. The van der Waals surface area contributed by atoms with Gasteiger partial charge in [-0.2, -0.15) is 0 Å². The molecular formula is C16H16N2O2. The van der Waals surface area contributed by atoms with E-state index in [9.17, 15) is 9.90 Å². The van der Waals surface area contributed by atoms with Gasteiger partial charge in [0.25, 0.3) is 0 Å². The third-order valence-corrected chi connectivity index (χ3v) is 4.09. The Morgan fingerprint density at radius 2 is 1.85 bits per heavy atom. The number of aromatic nitrogens is 2. The van der Waals surface area contributed by atoms with Crippen molar-refractivity contribution in [3.63, 3.8) is 0 Å². The van der Waals surface area contributed by atoms with E-state index in [1.54, 1.807) is 18.5 Å². The molecule has 0 fully saturated rings. The Balaban J connectivity index is 1.93. The Bertz CT molecular complexity index is 627. The minimum absolute atomic E-state index is 0.386. The van der Waals surface area contributed by atoms with E-state index in [-0.39, 0.29) is 0 Å². The van der Waals surface area contributed by atoms with Crippen molar-refractivity contribution in [3.05, 3.63) is 59.7 Å². The molecule has 20 heavy (non-hydrogen) atoms. The summed E-state index contributed by atoms with van der Waals surface area (Å²) in [5.74, 6) is -0.145. The highest BCUT2D eigenvalue weighted by atomic mass is 16.4. The van der Waals surface area contributed by atoms with E-state index in [1.807, 2.05) is 18.2 Å². The highest BCUT2D eigenvalue weighted by Crippen LogP contribution is 2.38. The lowest BCUT2D eigenvalue weighted by Gasteiger charge is -2.34. The number of carboxylic acids is 1. The molecular weight excluding hydrogens is 252 g/mol. The van der Waals surface area contributed by atoms with Gasteiger partial charge in [0.05, 0.1) is 5.41 Å². The van der Waals surface area contributed by atoms with Crippen molar-refractivity contribution >= 4 is 5.97 Å². The summed E-state index contributed by atoms with van der Waals surface area (Å²) in [5, 5.41) is 9.72. The van der Waals surface area contributed by atoms with Crippen LogP contribution in [0.25, 0.3) is 0 Å². The maximum absolute atomic E-state index is 11.8. The minimum Gasteiger partial charge on any atom is -0.481 e. The van der Waals surface area contributed by atoms with Crippen LogP contribution < -0.4 is 0 Å². The van der Waals surface area contributed by atoms with Crippen molar-refractivity contribution in [1.82, 2.24) is 9.97 Å². The molecule has 0 aliphatic heterocycles. The van der Waals surface area contributed by atoms with Crippen molar-refractivity contribution in [2.45, 2.75) is 25.7 Å². The second kappa shape index (κ2) is 5.04. The molecule has 1 heterocycles. The van der Waals surface area contributed by atoms with Gasteiger partial charge < -0.3 is 5.11 Å². The van der Waals surface area contributed by atoms with Gasteiger partial charge in [-0.3, -0.25) is 4.79 Å². The molecule has 4 heteroatoms. The highest BCUT2D eigenvalue weighted by molar-refractivity contribution is 5.76. The largest absolute Gasteiger partial charge is 0.481 e. The standard InChI is InChI=1S/C16H16N2O2/c19-15(20)16(11-14-17-8-3-9-18-14)7-6-12-4-1-2-5-13(12)10-16/h1-5,8-9H,6-7,10-11H2,(H,19,20). The van der Waals surface area contributed by atoms with Crippen molar-refractivity contribution in [1.29, 1.82) is 0 Å². The van der Waals surface area contributed by atoms with E-state index >= 15 is 0 Å². The first-order valence-electron chi connectivity index (χ1n) is 6.76. The average Bonchev–Trinajstić information content (AvgIpc) is 2.48. The molecule has 1 atom stereocenters. The van der Waals surface area contributed by atoms with E-state index in [4.69, 9.17) is 0 Å². The number of aryl methyl sites for hydroxylation is 1. The molecule has 0 amide bonds. The zero-order valence-electron chi connectivity index (χ0n) is 11.1. The van der Waals surface area contributed by atoms with Gasteiger partial charge in [-0.25, -0.2) is 9.97 Å². The molecule has 3 rings (SSSR count). The second-order valence-electron chi connectivity index (χ2n) is 5.37. The number of fused-ring (bicyclic) bond motifs is 1. The molecule has 1 aromatic carbocycles. The molecule has 102 valence electrons. The van der Waals surface area contributed by atoms with Crippen LogP contribution in [0.3, 0.4) is 0 Å². The molecule has 0 saturated carbocycles. The van der Waals surface area contributed by atoms with Gasteiger partial charge in [0.1, 0.15) is 5.82 Å². The van der Waals surface area contributed by atoms with Crippen molar-refractivity contribution in [3.8, 4) is 0 Å². The van der Waals surface area contributed by atoms with Crippen LogP contribution >= 0.6 is 0 Å². The van der Waals surface area contributed by atoms with E-state index in [0.717, 1.165) is 12.0 Å². The van der Waals surface area contributed by atoms with Crippen molar-refractivity contribution in [2.75, 3.05) is 0 Å². The first kappa shape index (κ1) is 12.8. The third-order valence-electron chi connectivity index (χ3n) is 4.09. The summed E-state index contributed by atoms with van der Waals surface area (Å²) >= 11 is 0. The normalized spacial score (nSPS) is 21.2. The SMILES string of the molecule is O=C(O)C1(Cc2ncccn2)CCc2ccccc2C1. The fraction of sp³-hybridized carbons (Fsp3) is 0.312. The van der Waals surface area contributed by atoms with E-state index in [0.29, 0.717) is 25.1 Å². The molecule has 2 aromatic rings. The maximum Gasteiger partial charge on any atom is 0.310 e. The molecule has 0 spiro atoms. The van der Waals surface area contributed by atoms with Crippen LogP contribution in [0.1, 0.15) is 23.4 Å². The zero-order chi connectivity index (χ0) is 14.0. The van der Waals surface area contributed by atoms with Gasteiger partial charge >= 0.3 is 5.97 Å². The lowest BCUT2D eigenvalue weighted by Crippen LogP contribution is -2.39. The first-order valence-corrected chi connectivity index (χ1v) is 6.76. The van der Waals surface area contributed by atoms with Gasteiger partial charge in [0.15, 0.2) is 0 Å². The molecule has 4 nitrogen and oxygen atoms in total. The van der Waals surface area contributed by atoms with Crippen LogP contribution in [0.15, 0.2) is 42.7 Å². The van der Waals surface area contributed by atoms with E-state index in [1.165, 1.54) is 5.56 Å². The maximum atomic E-state index is 11.8. The summed E-state index contributed by atoms with van der Waals surface area (Å²) in [6, 6.07) is 9.83. The van der Waals surface area contributed by atoms with Crippen LogP contribution in [-0.2, 0) is 24.1 Å². The second-order valence-corrected chi connectivity index (χ2v) is 5.37. The zero-order valence-corrected chi connectivity index (χ0v) is 11.1. The summed E-state index contributed by atoms with van der Waals surface area (Å²) in [6.45, 7) is 0. The van der Waals surface area contributed by atoms with E-state index in [2.05, 4.69) is 16.0 Å². The monoisotopic (exact) mass is 268 g/mol. The molecule has 0 saturated heterocycles. The van der Waals surface area contributed by atoms with Crippen LogP contribution in [0.2, 0.25) is 0 Å². The average molecular weight is 268 g/mol. The first-order chi connectivity index (χ1) is 9.70. The summed E-state index contributed by atoms with van der Waals surface area (Å²) < 4.78 is 0. The molecule has 0 bridgehead atoms. The Morgan fingerprint density at radius 3 is 2.55 bits per heavy atom. The molecule has 1 aliphatic rings. The topological polar surface area (TPSA) is 63.1 Å².